The molecule has 0 unspecified atom stereocenters. The van der Waals surface area contributed by atoms with Gasteiger partial charge in [-0.05, 0) is 43.0 Å². The number of esters is 1. The zero-order valence-electron chi connectivity index (χ0n) is 17.5. The van der Waals surface area contributed by atoms with Crippen molar-refractivity contribution in [2.24, 2.45) is 11.8 Å². The van der Waals surface area contributed by atoms with E-state index < -0.39 is 30.3 Å². The molecule has 0 saturated heterocycles. The summed E-state index contributed by atoms with van der Waals surface area (Å²) in [7, 11) is 0. The lowest BCUT2D eigenvalue weighted by Crippen LogP contribution is -2.42. The van der Waals surface area contributed by atoms with Gasteiger partial charge in [0.05, 0.1) is 27.6 Å². The van der Waals surface area contributed by atoms with Crippen LogP contribution in [0.1, 0.15) is 31.2 Å². The molecule has 168 valence electrons. The van der Waals surface area contributed by atoms with E-state index in [0.717, 1.165) is 30.5 Å². The third-order valence-corrected chi connectivity index (χ3v) is 6.74. The molecular formula is C24H24Cl2N2O4. The summed E-state index contributed by atoms with van der Waals surface area (Å²) in [6.07, 6.45) is 3.76. The summed E-state index contributed by atoms with van der Waals surface area (Å²) in [6.45, 7) is 0.155. The second-order valence-corrected chi connectivity index (χ2v) is 8.93. The first-order chi connectivity index (χ1) is 15.5. The van der Waals surface area contributed by atoms with Crippen molar-refractivity contribution in [3.63, 3.8) is 0 Å². The van der Waals surface area contributed by atoms with Crippen LogP contribution in [0.3, 0.4) is 0 Å². The van der Waals surface area contributed by atoms with Gasteiger partial charge >= 0.3 is 5.97 Å². The van der Waals surface area contributed by atoms with Crippen LogP contribution < -0.4 is 10.2 Å². The summed E-state index contributed by atoms with van der Waals surface area (Å²) >= 11 is 12.1. The standard InChI is InChI=1S/C24H24Cl2N2O4/c25-18-9-5-10-19(26)22(18)27-21(29)14-32-24(31)17-8-3-2-7-16(17)23(30)28-13-12-15-6-1-4-11-20(15)28/h1,4-6,9-11,16-17H,2-3,7-8,12-14H2,(H,27,29)/t16-,17-/m1/s1. The highest BCUT2D eigenvalue weighted by Gasteiger charge is 2.40. The summed E-state index contributed by atoms with van der Waals surface area (Å²) in [5.74, 6) is -2.09. The predicted octanol–water partition coefficient (Wildman–Crippen LogP) is 4.87. The first-order valence-electron chi connectivity index (χ1n) is 10.8. The Morgan fingerprint density at radius 2 is 1.66 bits per heavy atom. The minimum atomic E-state index is -0.555. The maximum absolute atomic E-state index is 13.3. The summed E-state index contributed by atoms with van der Waals surface area (Å²) in [5, 5.41) is 3.16. The van der Waals surface area contributed by atoms with Gasteiger partial charge in [-0.25, -0.2) is 0 Å². The predicted molar refractivity (Wildman–Crippen MR) is 124 cm³/mol. The molecule has 1 aliphatic heterocycles. The van der Waals surface area contributed by atoms with E-state index in [1.54, 1.807) is 23.1 Å². The van der Waals surface area contributed by atoms with Crippen LogP contribution in [0.4, 0.5) is 11.4 Å². The third-order valence-electron chi connectivity index (χ3n) is 6.11. The summed E-state index contributed by atoms with van der Waals surface area (Å²) in [5.41, 5.74) is 2.34. The van der Waals surface area contributed by atoms with Crippen LogP contribution in [0.25, 0.3) is 0 Å². The van der Waals surface area contributed by atoms with E-state index in [-0.39, 0.29) is 11.6 Å². The molecule has 8 heteroatoms. The van der Waals surface area contributed by atoms with Crippen LogP contribution >= 0.6 is 23.2 Å². The van der Waals surface area contributed by atoms with Crippen LogP contribution in [-0.4, -0.2) is 30.9 Å². The Morgan fingerprint density at radius 3 is 2.41 bits per heavy atom. The van der Waals surface area contributed by atoms with Crippen molar-refractivity contribution in [1.29, 1.82) is 0 Å². The molecule has 4 rings (SSSR count). The lowest BCUT2D eigenvalue weighted by atomic mass is 9.78. The number of hydrogen-bond donors (Lipinski definition) is 1. The number of hydrogen-bond acceptors (Lipinski definition) is 4. The number of fused-ring (bicyclic) bond motifs is 1. The molecule has 0 radical (unpaired) electrons. The highest BCUT2D eigenvalue weighted by Crippen LogP contribution is 2.36. The lowest BCUT2D eigenvalue weighted by molar-refractivity contribution is -0.156. The van der Waals surface area contributed by atoms with Crippen LogP contribution in [0.5, 0.6) is 0 Å². The number of nitrogens with zero attached hydrogens (tertiary/aromatic N) is 1. The van der Waals surface area contributed by atoms with E-state index in [2.05, 4.69) is 5.32 Å². The number of carbonyl (C=O) groups is 3. The number of benzene rings is 2. The molecule has 2 atom stereocenters. The zero-order chi connectivity index (χ0) is 22.7. The molecule has 1 aliphatic carbocycles. The molecule has 0 spiro atoms. The highest BCUT2D eigenvalue weighted by atomic mass is 35.5. The second kappa shape index (κ2) is 9.92. The molecule has 1 N–H and O–H groups in total. The summed E-state index contributed by atoms with van der Waals surface area (Å²) in [4.78, 5) is 40.3. The second-order valence-electron chi connectivity index (χ2n) is 8.12. The molecule has 1 heterocycles. The molecule has 2 aromatic carbocycles. The number of halogens is 2. The van der Waals surface area contributed by atoms with Gasteiger partial charge in [-0.1, -0.05) is 60.3 Å². The van der Waals surface area contributed by atoms with E-state index in [0.29, 0.717) is 29.4 Å². The van der Waals surface area contributed by atoms with Crippen molar-refractivity contribution >= 4 is 52.4 Å². The van der Waals surface area contributed by atoms with Gasteiger partial charge in [0.1, 0.15) is 0 Å². The van der Waals surface area contributed by atoms with E-state index in [1.165, 1.54) is 0 Å². The number of anilines is 2. The number of nitrogens with one attached hydrogen (secondary N) is 1. The number of rotatable bonds is 5. The molecule has 0 bridgehead atoms. The van der Waals surface area contributed by atoms with Crippen LogP contribution in [0.15, 0.2) is 42.5 Å². The normalized spacial score (nSPS) is 19.9. The van der Waals surface area contributed by atoms with Crippen molar-refractivity contribution in [3.8, 4) is 0 Å². The Bertz CT molecular complexity index is 1020. The Kier molecular flexibility index (Phi) is 7.01. The summed E-state index contributed by atoms with van der Waals surface area (Å²) < 4.78 is 5.30. The number of ether oxygens (including phenoxy) is 1. The first-order valence-corrected chi connectivity index (χ1v) is 11.5. The van der Waals surface area contributed by atoms with Crippen molar-refractivity contribution in [2.45, 2.75) is 32.1 Å². The Morgan fingerprint density at radius 1 is 0.969 bits per heavy atom. The smallest absolute Gasteiger partial charge is 0.310 e. The molecule has 1 fully saturated rings. The van der Waals surface area contributed by atoms with Gasteiger partial charge in [-0.2, -0.15) is 0 Å². The molecule has 2 aromatic rings. The van der Waals surface area contributed by atoms with E-state index in [9.17, 15) is 14.4 Å². The molecule has 1 saturated carbocycles. The number of carbonyl (C=O) groups excluding carboxylic acids is 3. The monoisotopic (exact) mass is 474 g/mol. The average Bonchev–Trinajstić information content (AvgIpc) is 3.24. The van der Waals surface area contributed by atoms with E-state index in [1.807, 2.05) is 24.3 Å². The van der Waals surface area contributed by atoms with Gasteiger partial charge in [-0.3, -0.25) is 14.4 Å². The molecule has 2 amide bonds. The third kappa shape index (κ3) is 4.76. The van der Waals surface area contributed by atoms with Gasteiger partial charge in [-0.15, -0.1) is 0 Å². The van der Waals surface area contributed by atoms with Crippen molar-refractivity contribution in [2.75, 3.05) is 23.4 Å². The van der Waals surface area contributed by atoms with Gasteiger partial charge < -0.3 is 15.0 Å². The number of para-hydroxylation sites is 2. The first kappa shape index (κ1) is 22.6. The fourth-order valence-corrected chi connectivity index (χ4v) is 5.00. The Labute approximate surface area is 196 Å². The van der Waals surface area contributed by atoms with Crippen molar-refractivity contribution in [1.82, 2.24) is 0 Å². The van der Waals surface area contributed by atoms with Gasteiger partial charge in [0.2, 0.25) is 5.91 Å². The SMILES string of the molecule is O=C(COC(=O)[C@@H]1CCCC[C@H]1C(=O)N1CCc2ccccc21)Nc1c(Cl)cccc1Cl. The topological polar surface area (TPSA) is 75.7 Å². The summed E-state index contributed by atoms with van der Waals surface area (Å²) in [6, 6.07) is 12.7. The zero-order valence-corrected chi connectivity index (χ0v) is 19.0. The molecule has 32 heavy (non-hydrogen) atoms. The Hall–Kier alpha value is -2.57. The van der Waals surface area contributed by atoms with E-state index >= 15 is 0 Å². The quantitative estimate of drug-likeness (QED) is 0.627. The Balaban J connectivity index is 1.39. The lowest BCUT2D eigenvalue weighted by Gasteiger charge is -2.32. The van der Waals surface area contributed by atoms with Gasteiger partial charge in [0.25, 0.3) is 5.91 Å². The maximum atomic E-state index is 13.3. The average molecular weight is 475 g/mol. The number of amides is 2. The van der Waals surface area contributed by atoms with Crippen LogP contribution in [0.2, 0.25) is 10.0 Å². The minimum absolute atomic E-state index is 0.0381. The van der Waals surface area contributed by atoms with Crippen molar-refractivity contribution < 1.29 is 19.1 Å². The van der Waals surface area contributed by atoms with Crippen LogP contribution in [0, 0.1) is 11.8 Å². The largest absolute Gasteiger partial charge is 0.455 e. The van der Waals surface area contributed by atoms with Gasteiger partial charge in [0.15, 0.2) is 6.61 Å². The molecule has 6 nitrogen and oxygen atoms in total. The van der Waals surface area contributed by atoms with Crippen molar-refractivity contribution in [3.05, 3.63) is 58.1 Å². The van der Waals surface area contributed by atoms with E-state index in [4.69, 9.17) is 27.9 Å². The highest BCUT2D eigenvalue weighted by molar-refractivity contribution is 6.39. The van der Waals surface area contributed by atoms with Gasteiger partial charge in [0, 0.05) is 12.2 Å². The fraction of sp³-hybridized carbons (Fsp3) is 0.375. The minimum Gasteiger partial charge on any atom is -0.455 e. The fourth-order valence-electron chi connectivity index (χ4n) is 4.51. The molecule has 0 aromatic heterocycles. The van der Waals surface area contributed by atoms with Crippen LogP contribution in [-0.2, 0) is 25.5 Å². The molecular weight excluding hydrogens is 451 g/mol. The molecule has 2 aliphatic rings. The maximum Gasteiger partial charge on any atom is 0.310 e.